The lowest BCUT2D eigenvalue weighted by atomic mass is 10.00. The van der Waals surface area contributed by atoms with Gasteiger partial charge in [0.1, 0.15) is 11.4 Å². The fraction of sp³-hybridized carbons (Fsp3) is 0.238. The summed E-state index contributed by atoms with van der Waals surface area (Å²) in [6.45, 7) is 3.54. The van der Waals surface area contributed by atoms with Crippen LogP contribution in [0.3, 0.4) is 0 Å². The summed E-state index contributed by atoms with van der Waals surface area (Å²) in [6, 6.07) is 14.8. The number of aromatic nitrogens is 1. The van der Waals surface area contributed by atoms with Crippen LogP contribution in [-0.2, 0) is 13.0 Å². The predicted molar refractivity (Wildman–Crippen MR) is 103 cm³/mol. The van der Waals surface area contributed by atoms with Gasteiger partial charge in [0.15, 0.2) is 5.76 Å². The number of ether oxygens (including phenoxy) is 1. The highest BCUT2D eigenvalue weighted by Crippen LogP contribution is 2.31. The summed E-state index contributed by atoms with van der Waals surface area (Å²) in [7, 11) is 0. The Bertz CT molecular complexity index is 966. The quantitative estimate of drug-likeness (QED) is 0.662. The molecule has 0 radical (unpaired) electrons. The Kier molecular flexibility index (Phi) is 4.86. The normalized spacial score (nSPS) is 13.3. The molecule has 4 rings (SSSR count). The lowest BCUT2D eigenvalue weighted by Gasteiger charge is -2.26. The molecule has 3 aromatic rings. The summed E-state index contributed by atoms with van der Waals surface area (Å²) in [5.41, 5.74) is 3.42. The van der Waals surface area contributed by atoms with Crippen molar-refractivity contribution in [2.75, 3.05) is 13.2 Å². The first-order valence-electron chi connectivity index (χ1n) is 8.91. The van der Waals surface area contributed by atoms with Crippen LogP contribution in [0.5, 0.6) is 5.75 Å². The van der Waals surface area contributed by atoms with Gasteiger partial charge in [-0.3, -0.25) is 4.79 Å². The Labute approximate surface area is 162 Å². The molecule has 27 heavy (non-hydrogen) atoms. The minimum Gasteiger partial charge on any atom is -0.494 e. The number of fused-ring (bicyclic) bond motifs is 1. The van der Waals surface area contributed by atoms with Gasteiger partial charge in [-0.1, -0.05) is 22.8 Å². The molecule has 0 saturated heterocycles. The molecule has 1 amide bonds. The van der Waals surface area contributed by atoms with Gasteiger partial charge in [-0.2, -0.15) is 0 Å². The topological polar surface area (TPSA) is 55.6 Å². The van der Waals surface area contributed by atoms with Crippen molar-refractivity contribution in [2.24, 2.45) is 0 Å². The van der Waals surface area contributed by atoms with Crippen molar-refractivity contribution in [3.8, 4) is 17.1 Å². The number of carbonyl (C=O) groups excluding carboxylic acids is 1. The molecule has 1 aliphatic heterocycles. The fourth-order valence-corrected chi connectivity index (χ4v) is 3.43. The van der Waals surface area contributed by atoms with E-state index in [0.29, 0.717) is 42.5 Å². The van der Waals surface area contributed by atoms with E-state index in [9.17, 15) is 4.79 Å². The molecule has 1 aromatic heterocycles. The van der Waals surface area contributed by atoms with Gasteiger partial charge in [-0.05, 0) is 55.8 Å². The van der Waals surface area contributed by atoms with E-state index in [4.69, 9.17) is 20.9 Å². The van der Waals surface area contributed by atoms with Gasteiger partial charge in [0.05, 0.1) is 13.2 Å². The standard InChI is InChI=1S/C21H19ClN2O3/c1-2-26-17-5-3-4-15(12-17)21(25)24-11-10-18-19(13-24)23-27-20(18)14-6-8-16(22)9-7-14/h3-9,12H,2,10-11,13H2,1H3. The molecular weight excluding hydrogens is 364 g/mol. The average Bonchev–Trinajstić information content (AvgIpc) is 3.12. The Balaban J connectivity index is 1.54. The van der Waals surface area contributed by atoms with E-state index in [2.05, 4.69) is 5.16 Å². The second-order valence-electron chi connectivity index (χ2n) is 6.38. The van der Waals surface area contributed by atoms with Gasteiger partial charge in [-0.25, -0.2) is 0 Å². The van der Waals surface area contributed by atoms with Gasteiger partial charge in [0, 0.05) is 28.3 Å². The number of rotatable bonds is 4. The second-order valence-corrected chi connectivity index (χ2v) is 6.82. The molecule has 0 bridgehead atoms. The number of halogens is 1. The summed E-state index contributed by atoms with van der Waals surface area (Å²) in [5.74, 6) is 1.43. The summed E-state index contributed by atoms with van der Waals surface area (Å²) in [4.78, 5) is 14.7. The van der Waals surface area contributed by atoms with Crippen LogP contribution < -0.4 is 4.74 Å². The molecule has 2 heterocycles. The molecule has 0 aliphatic carbocycles. The molecule has 0 saturated carbocycles. The van der Waals surface area contributed by atoms with Crippen molar-refractivity contribution in [1.29, 1.82) is 0 Å². The SMILES string of the molecule is CCOc1cccc(C(=O)N2CCc3c(noc3-c3ccc(Cl)cc3)C2)c1. The largest absolute Gasteiger partial charge is 0.494 e. The van der Waals surface area contributed by atoms with E-state index < -0.39 is 0 Å². The molecule has 6 heteroatoms. The summed E-state index contributed by atoms with van der Waals surface area (Å²) >= 11 is 5.96. The first kappa shape index (κ1) is 17.6. The summed E-state index contributed by atoms with van der Waals surface area (Å²) < 4.78 is 11.1. The maximum Gasteiger partial charge on any atom is 0.254 e. The number of benzene rings is 2. The Morgan fingerprint density at radius 3 is 2.85 bits per heavy atom. The minimum absolute atomic E-state index is 0.0294. The first-order chi connectivity index (χ1) is 13.2. The van der Waals surface area contributed by atoms with Gasteiger partial charge >= 0.3 is 0 Å². The smallest absolute Gasteiger partial charge is 0.254 e. The highest BCUT2D eigenvalue weighted by Gasteiger charge is 2.27. The second kappa shape index (κ2) is 7.45. The monoisotopic (exact) mass is 382 g/mol. The van der Waals surface area contributed by atoms with Crippen molar-refractivity contribution < 1.29 is 14.1 Å². The molecule has 0 N–H and O–H groups in total. The molecule has 0 spiro atoms. The Hall–Kier alpha value is -2.79. The molecule has 1 aliphatic rings. The lowest BCUT2D eigenvalue weighted by molar-refractivity contribution is 0.0731. The number of amides is 1. The third kappa shape index (κ3) is 3.55. The molecule has 0 unspecified atom stereocenters. The van der Waals surface area contributed by atoms with Crippen molar-refractivity contribution in [3.63, 3.8) is 0 Å². The zero-order valence-electron chi connectivity index (χ0n) is 14.9. The number of carbonyl (C=O) groups is 1. The van der Waals surface area contributed by atoms with Crippen LogP contribution in [0.4, 0.5) is 0 Å². The summed E-state index contributed by atoms with van der Waals surface area (Å²) in [5, 5.41) is 4.88. The van der Waals surface area contributed by atoms with E-state index >= 15 is 0 Å². The number of nitrogens with zero attached hydrogens (tertiary/aromatic N) is 2. The van der Waals surface area contributed by atoms with Crippen LogP contribution in [0.25, 0.3) is 11.3 Å². The fourth-order valence-electron chi connectivity index (χ4n) is 3.30. The van der Waals surface area contributed by atoms with Crippen molar-refractivity contribution >= 4 is 17.5 Å². The van der Waals surface area contributed by atoms with Crippen LogP contribution in [0.2, 0.25) is 5.02 Å². The zero-order chi connectivity index (χ0) is 18.8. The van der Waals surface area contributed by atoms with Crippen molar-refractivity contribution in [2.45, 2.75) is 19.9 Å². The molecule has 0 atom stereocenters. The van der Waals surface area contributed by atoms with E-state index in [0.717, 1.165) is 22.6 Å². The third-order valence-corrected chi connectivity index (χ3v) is 4.88. The van der Waals surface area contributed by atoms with E-state index in [-0.39, 0.29) is 5.91 Å². The first-order valence-corrected chi connectivity index (χ1v) is 9.29. The maximum atomic E-state index is 12.9. The van der Waals surface area contributed by atoms with Gasteiger partial charge in [0.2, 0.25) is 0 Å². The molecular formula is C21H19ClN2O3. The Morgan fingerprint density at radius 2 is 2.07 bits per heavy atom. The van der Waals surface area contributed by atoms with Crippen LogP contribution in [-0.4, -0.2) is 29.1 Å². The lowest BCUT2D eigenvalue weighted by Crippen LogP contribution is -2.36. The average molecular weight is 383 g/mol. The third-order valence-electron chi connectivity index (χ3n) is 4.63. The van der Waals surface area contributed by atoms with Crippen LogP contribution in [0, 0.1) is 0 Å². The van der Waals surface area contributed by atoms with Crippen molar-refractivity contribution in [1.82, 2.24) is 10.1 Å². The number of hydrogen-bond acceptors (Lipinski definition) is 4. The molecule has 0 fully saturated rings. The van der Waals surface area contributed by atoms with Crippen LogP contribution >= 0.6 is 11.6 Å². The maximum absolute atomic E-state index is 12.9. The highest BCUT2D eigenvalue weighted by molar-refractivity contribution is 6.30. The Morgan fingerprint density at radius 1 is 1.26 bits per heavy atom. The summed E-state index contributed by atoms with van der Waals surface area (Å²) in [6.07, 6.45) is 0.702. The number of hydrogen-bond donors (Lipinski definition) is 0. The molecule has 2 aromatic carbocycles. The van der Waals surface area contributed by atoms with Gasteiger partial charge in [0.25, 0.3) is 5.91 Å². The molecule has 138 valence electrons. The minimum atomic E-state index is -0.0294. The molecule has 5 nitrogen and oxygen atoms in total. The van der Waals surface area contributed by atoms with E-state index in [1.54, 1.807) is 11.0 Å². The van der Waals surface area contributed by atoms with Crippen LogP contribution in [0.1, 0.15) is 28.5 Å². The van der Waals surface area contributed by atoms with E-state index in [1.165, 1.54) is 0 Å². The van der Waals surface area contributed by atoms with E-state index in [1.807, 2.05) is 49.4 Å². The highest BCUT2D eigenvalue weighted by atomic mass is 35.5. The zero-order valence-corrected chi connectivity index (χ0v) is 15.7. The van der Waals surface area contributed by atoms with Crippen LogP contribution in [0.15, 0.2) is 53.1 Å². The predicted octanol–water partition coefficient (Wildman–Crippen LogP) is 4.59. The van der Waals surface area contributed by atoms with Gasteiger partial charge in [-0.15, -0.1) is 0 Å². The van der Waals surface area contributed by atoms with Crippen molar-refractivity contribution in [3.05, 3.63) is 70.4 Å². The van der Waals surface area contributed by atoms with Gasteiger partial charge < -0.3 is 14.2 Å².